The Hall–Kier alpha value is -3.51. The standard InChI is InChI=1S/C23H34N4O8/c1-12(2)9-15(24)20(31)25-17(11-18(29)30)21(32)26-16(10-14-7-5-4-6-8-14)22(33)27-19(13(3)28)23(34)35/h4-8,12-13,15-17,19,28H,9-11,24H2,1-3H3,(H,25,31)(H,26,32)(H,27,33)(H,29,30)(H,34,35). The van der Waals surface area contributed by atoms with Crippen LogP contribution in [0.2, 0.25) is 0 Å². The predicted octanol–water partition coefficient (Wildman–Crippen LogP) is -1.00. The first-order chi connectivity index (χ1) is 16.3. The molecule has 0 fully saturated rings. The van der Waals surface area contributed by atoms with Gasteiger partial charge in [-0.05, 0) is 24.8 Å². The fourth-order valence-electron chi connectivity index (χ4n) is 3.25. The predicted molar refractivity (Wildman–Crippen MR) is 125 cm³/mol. The highest BCUT2D eigenvalue weighted by Crippen LogP contribution is 2.07. The first-order valence-corrected chi connectivity index (χ1v) is 11.1. The summed E-state index contributed by atoms with van der Waals surface area (Å²) >= 11 is 0. The average molecular weight is 495 g/mol. The summed E-state index contributed by atoms with van der Waals surface area (Å²) in [5, 5.41) is 35.0. The number of hydrogen-bond donors (Lipinski definition) is 7. The fraction of sp³-hybridized carbons (Fsp3) is 0.522. The monoisotopic (exact) mass is 494 g/mol. The van der Waals surface area contributed by atoms with Crippen molar-refractivity contribution in [2.45, 2.75) is 70.3 Å². The molecule has 5 atom stereocenters. The molecule has 0 bridgehead atoms. The molecule has 0 aliphatic carbocycles. The highest BCUT2D eigenvalue weighted by atomic mass is 16.4. The Morgan fingerprint density at radius 3 is 1.89 bits per heavy atom. The van der Waals surface area contributed by atoms with Crippen LogP contribution in [0.4, 0.5) is 0 Å². The largest absolute Gasteiger partial charge is 0.481 e. The highest BCUT2D eigenvalue weighted by Gasteiger charge is 2.32. The lowest BCUT2D eigenvalue weighted by Crippen LogP contribution is -2.59. The Kier molecular flexibility index (Phi) is 11.8. The van der Waals surface area contributed by atoms with Crippen molar-refractivity contribution in [2.75, 3.05) is 0 Å². The van der Waals surface area contributed by atoms with E-state index >= 15 is 0 Å². The molecule has 3 amide bonds. The third-order valence-electron chi connectivity index (χ3n) is 5.04. The van der Waals surface area contributed by atoms with Crippen LogP contribution in [0.25, 0.3) is 0 Å². The molecule has 0 aliphatic rings. The van der Waals surface area contributed by atoms with Crippen LogP contribution in [0.5, 0.6) is 0 Å². The summed E-state index contributed by atoms with van der Waals surface area (Å²) in [5.41, 5.74) is 6.45. The van der Waals surface area contributed by atoms with Crippen molar-refractivity contribution >= 4 is 29.7 Å². The lowest BCUT2D eigenvalue weighted by Gasteiger charge is -2.25. The molecule has 12 heteroatoms. The number of carboxylic acid groups (broad SMARTS) is 2. The quantitative estimate of drug-likeness (QED) is 0.169. The summed E-state index contributed by atoms with van der Waals surface area (Å²) in [7, 11) is 0. The Balaban J connectivity index is 3.12. The third kappa shape index (κ3) is 10.5. The van der Waals surface area contributed by atoms with Crippen LogP contribution in [0, 0.1) is 5.92 Å². The number of nitrogens with two attached hydrogens (primary N) is 1. The number of aliphatic hydroxyl groups is 1. The Morgan fingerprint density at radius 2 is 1.40 bits per heavy atom. The SMILES string of the molecule is CC(C)CC(N)C(=O)NC(CC(=O)O)C(=O)NC(Cc1ccccc1)C(=O)NC(C(=O)O)C(C)O. The zero-order valence-electron chi connectivity index (χ0n) is 19.9. The van der Waals surface area contributed by atoms with E-state index in [1.54, 1.807) is 30.3 Å². The van der Waals surface area contributed by atoms with Gasteiger partial charge in [0.1, 0.15) is 12.1 Å². The number of rotatable bonds is 14. The second-order valence-corrected chi connectivity index (χ2v) is 8.71. The molecule has 8 N–H and O–H groups in total. The van der Waals surface area contributed by atoms with Crippen LogP contribution < -0.4 is 21.7 Å². The lowest BCUT2D eigenvalue weighted by molar-refractivity contribution is -0.145. The Labute approximate surface area is 203 Å². The maximum Gasteiger partial charge on any atom is 0.328 e. The molecule has 1 aromatic rings. The average Bonchev–Trinajstić information content (AvgIpc) is 2.75. The molecule has 194 valence electrons. The third-order valence-corrected chi connectivity index (χ3v) is 5.04. The minimum absolute atomic E-state index is 0.0643. The van der Waals surface area contributed by atoms with Gasteiger partial charge >= 0.3 is 11.9 Å². The summed E-state index contributed by atoms with van der Waals surface area (Å²) in [6, 6.07) is 3.03. The summed E-state index contributed by atoms with van der Waals surface area (Å²) in [6.45, 7) is 4.88. The topological polar surface area (TPSA) is 208 Å². The maximum absolute atomic E-state index is 12.9. The van der Waals surface area contributed by atoms with Crippen LogP contribution >= 0.6 is 0 Å². The van der Waals surface area contributed by atoms with E-state index in [2.05, 4.69) is 16.0 Å². The second-order valence-electron chi connectivity index (χ2n) is 8.71. The van der Waals surface area contributed by atoms with E-state index in [1.165, 1.54) is 6.92 Å². The van der Waals surface area contributed by atoms with Crippen LogP contribution in [-0.4, -0.2) is 75.3 Å². The number of nitrogens with one attached hydrogen (secondary N) is 3. The fourth-order valence-corrected chi connectivity index (χ4v) is 3.25. The van der Waals surface area contributed by atoms with E-state index < -0.39 is 66.4 Å². The van der Waals surface area contributed by atoms with Gasteiger partial charge in [0, 0.05) is 6.42 Å². The molecule has 12 nitrogen and oxygen atoms in total. The van der Waals surface area contributed by atoms with E-state index in [4.69, 9.17) is 5.73 Å². The number of carbonyl (C=O) groups is 5. The van der Waals surface area contributed by atoms with Gasteiger partial charge in [0.25, 0.3) is 0 Å². The van der Waals surface area contributed by atoms with E-state index in [9.17, 15) is 39.3 Å². The van der Waals surface area contributed by atoms with Crippen molar-refractivity contribution in [3.8, 4) is 0 Å². The number of benzene rings is 1. The van der Waals surface area contributed by atoms with Gasteiger partial charge in [-0.1, -0.05) is 44.2 Å². The van der Waals surface area contributed by atoms with Gasteiger partial charge in [-0.3, -0.25) is 19.2 Å². The van der Waals surface area contributed by atoms with Crippen LogP contribution in [0.3, 0.4) is 0 Å². The lowest BCUT2D eigenvalue weighted by atomic mass is 10.0. The van der Waals surface area contributed by atoms with Crippen LogP contribution in [0.1, 0.15) is 39.2 Å². The van der Waals surface area contributed by atoms with E-state index in [-0.39, 0.29) is 12.3 Å². The number of amides is 3. The van der Waals surface area contributed by atoms with Gasteiger partial charge in [-0.15, -0.1) is 0 Å². The van der Waals surface area contributed by atoms with Gasteiger partial charge in [-0.2, -0.15) is 0 Å². The van der Waals surface area contributed by atoms with Crippen molar-refractivity contribution in [2.24, 2.45) is 11.7 Å². The number of hydrogen-bond acceptors (Lipinski definition) is 7. The molecule has 35 heavy (non-hydrogen) atoms. The van der Waals surface area contributed by atoms with Gasteiger partial charge < -0.3 is 37.0 Å². The first-order valence-electron chi connectivity index (χ1n) is 11.1. The van der Waals surface area contributed by atoms with Gasteiger partial charge in [0.2, 0.25) is 17.7 Å². The molecule has 1 aromatic carbocycles. The zero-order chi connectivity index (χ0) is 26.7. The molecular weight excluding hydrogens is 460 g/mol. The Bertz CT molecular complexity index is 891. The van der Waals surface area contributed by atoms with Crippen LogP contribution in [-0.2, 0) is 30.4 Å². The van der Waals surface area contributed by atoms with Crippen molar-refractivity contribution in [1.82, 2.24) is 16.0 Å². The normalized spacial score (nSPS) is 15.3. The molecule has 0 saturated heterocycles. The first kappa shape index (κ1) is 29.5. The number of carbonyl (C=O) groups excluding carboxylic acids is 3. The number of aliphatic hydroxyl groups excluding tert-OH is 1. The minimum Gasteiger partial charge on any atom is -0.481 e. The molecule has 0 spiro atoms. The Morgan fingerprint density at radius 1 is 0.857 bits per heavy atom. The summed E-state index contributed by atoms with van der Waals surface area (Å²) in [4.78, 5) is 60.9. The molecule has 5 unspecified atom stereocenters. The molecule has 0 saturated carbocycles. The van der Waals surface area contributed by atoms with Gasteiger partial charge in [0.05, 0.1) is 18.6 Å². The minimum atomic E-state index is -1.64. The molecule has 1 rings (SSSR count). The van der Waals surface area contributed by atoms with E-state index in [1.807, 2.05) is 13.8 Å². The smallest absolute Gasteiger partial charge is 0.328 e. The highest BCUT2D eigenvalue weighted by molar-refractivity contribution is 5.95. The van der Waals surface area contributed by atoms with Gasteiger partial charge in [-0.25, -0.2) is 4.79 Å². The molecular formula is C23H34N4O8. The van der Waals surface area contributed by atoms with Crippen molar-refractivity contribution in [3.05, 3.63) is 35.9 Å². The van der Waals surface area contributed by atoms with E-state index in [0.717, 1.165) is 0 Å². The summed E-state index contributed by atoms with van der Waals surface area (Å²) in [6.07, 6.45) is -1.95. The van der Waals surface area contributed by atoms with Crippen molar-refractivity contribution < 1.29 is 39.3 Å². The number of aliphatic carboxylic acids is 2. The molecule has 0 heterocycles. The van der Waals surface area contributed by atoms with Crippen LogP contribution in [0.15, 0.2) is 30.3 Å². The van der Waals surface area contributed by atoms with Gasteiger partial charge in [0.15, 0.2) is 6.04 Å². The molecule has 0 aliphatic heterocycles. The van der Waals surface area contributed by atoms with E-state index in [0.29, 0.717) is 12.0 Å². The van der Waals surface area contributed by atoms with Crippen molar-refractivity contribution in [3.63, 3.8) is 0 Å². The summed E-state index contributed by atoms with van der Waals surface area (Å²) in [5.74, 6) is -5.35. The molecule has 0 aromatic heterocycles. The van der Waals surface area contributed by atoms with Crippen molar-refractivity contribution in [1.29, 1.82) is 0 Å². The maximum atomic E-state index is 12.9. The number of carboxylic acids is 2. The summed E-state index contributed by atoms with van der Waals surface area (Å²) < 4.78 is 0. The second kappa shape index (κ2) is 14.0. The zero-order valence-corrected chi connectivity index (χ0v) is 19.9. The molecule has 0 radical (unpaired) electrons.